The summed E-state index contributed by atoms with van der Waals surface area (Å²) in [7, 11) is 0. The highest BCUT2D eigenvalue weighted by molar-refractivity contribution is 7.98. The summed E-state index contributed by atoms with van der Waals surface area (Å²) in [6.45, 7) is 2.49. The van der Waals surface area contributed by atoms with Crippen molar-refractivity contribution >= 4 is 23.6 Å². The maximum atomic E-state index is 12.6. The molecule has 23 heavy (non-hydrogen) atoms. The number of carboxylic acids is 1. The van der Waals surface area contributed by atoms with Crippen LogP contribution in [-0.2, 0) is 16.1 Å². The molecule has 2 N–H and O–H groups in total. The van der Waals surface area contributed by atoms with Gasteiger partial charge in [-0.1, -0.05) is 24.3 Å². The number of amides is 1. The highest BCUT2D eigenvalue weighted by Gasteiger charge is 2.51. The van der Waals surface area contributed by atoms with Crippen LogP contribution >= 0.6 is 11.8 Å². The van der Waals surface area contributed by atoms with Crippen LogP contribution in [0.4, 0.5) is 0 Å². The topological polar surface area (TPSA) is 66.4 Å². The molecule has 1 saturated carbocycles. The van der Waals surface area contributed by atoms with Crippen LogP contribution in [0.2, 0.25) is 0 Å². The molecule has 0 saturated heterocycles. The molecule has 2 aliphatic rings. The minimum absolute atomic E-state index is 0.00869. The van der Waals surface area contributed by atoms with Crippen LogP contribution in [0.3, 0.4) is 0 Å². The van der Waals surface area contributed by atoms with Crippen LogP contribution in [-0.4, -0.2) is 23.2 Å². The Morgan fingerprint density at radius 2 is 1.96 bits per heavy atom. The largest absolute Gasteiger partial charge is 0.481 e. The van der Waals surface area contributed by atoms with Gasteiger partial charge in [0.05, 0.1) is 11.8 Å². The summed E-state index contributed by atoms with van der Waals surface area (Å²) in [5.41, 5.74) is 2.26. The Morgan fingerprint density at radius 3 is 2.61 bits per heavy atom. The van der Waals surface area contributed by atoms with Crippen molar-refractivity contribution in [3.8, 4) is 0 Å². The van der Waals surface area contributed by atoms with E-state index in [1.54, 1.807) is 11.8 Å². The molecule has 1 fully saturated rings. The molecule has 0 radical (unpaired) electrons. The van der Waals surface area contributed by atoms with Gasteiger partial charge >= 0.3 is 5.97 Å². The van der Waals surface area contributed by atoms with E-state index in [2.05, 4.69) is 11.4 Å². The van der Waals surface area contributed by atoms with Crippen LogP contribution in [0, 0.1) is 30.6 Å². The zero-order chi connectivity index (χ0) is 16.6. The van der Waals surface area contributed by atoms with Crippen molar-refractivity contribution in [2.45, 2.75) is 24.8 Å². The lowest BCUT2D eigenvalue weighted by molar-refractivity contribution is -0.147. The van der Waals surface area contributed by atoms with Crippen molar-refractivity contribution in [2.24, 2.45) is 23.7 Å². The smallest absolute Gasteiger partial charge is 0.307 e. The minimum atomic E-state index is -0.859. The summed E-state index contributed by atoms with van der Waals surface area (Å²) in [5.74, 6) is -1.94. The number of aryl methyl sites for hydroxylation is 1. The highest BCUT2D eigenvalue weighted by Crippen LogP contribution is 2.48. The number of hydrogen-bond donors (Lipinski definition) is 2. The van der Waals surface area contributed by atoms with Gasteiger partial charge < -0.3 is 10.4 Å². The third-order valence-electron chi connectivity index (χ3n) is 4.94. The van der Waals surface area contributed by atoms with Crippen molar-refractivity contribution in [3.63, 3.8) is 0 Å². The van der Waals surface area contributed by atoms with E-state index in [0.717, 1.165) is 16.9 Å². The third-order valence-corrected chi connectivity index (χ3v) is 5.76. The Labute approximate surface area is 140 Å². The number of nitrogens with one attached hydrogen (secondary N) is 1. The highest BCUT2D eigenvalue weighted by atomic mass is 32.2. The van der Waals surface area contributed by atoms with Gasteiger partial charge in [0.2, 0.25) is 5.91 Å². The molecule has 2 bridgehead atoms. The molecule has 0 heterocycles. The van der Waals surface area contributed by atoms with Crippen LogP contribution in [0.1, 0.15) is 17.5 Å². The maximum Gasteiger partial charge on any atom is 0.307 e. The monoisotopic (exact) mass is 331 g/mol. The number of benzene rings is 1. The SMILES string of the molecule is CSc1cc(C)ccc1CNC(=O)C1C2C=CC(C2)C1C(=O)O. The van der Waals surface area contributed by atoms with E-state index < -0.39 is 17.8 Å². The summed E-state index contributed by atoms with van der Waals surface area (Å²) < 4.78 is 0. The number of carboxylic acid groups (broad SMARTS) is 1. The average molecular weight is 331 g/mol. The lowest BCUT2D eigenvalue weighted by Crippen LogP contribution is -2.39. The molecule has 3 rings (SSSR count). The first-order valence-corrected chi connectivity index (χ1v) is 9.06. The molecule has 2 aliphatic carbocycles. The van der Waals surface area contributed by atoms with E-state index in [9.17, 15) is 14.7 Å². The Bertz CT molecular complexity index is 670. The number of carbonyl (C=O) groups is 2. The summed E-state index contributed by atoms with van der Waals surface area (Å²) >= 11 is 1.65. The first-order valence-electron chi connectivity index (χ1n) is 7.83. The predicted octanol–water partition coefficient (Wildman–Crippen LogP) is 2.86. The number of fused-ring (bicyclic) bond motifs is 2. The molecule has 1 aromatic rings. The van der Waals surface area contributed by atoms with E-state index in [-0.39, 0.29) is 17.7 Å². The second-order valence-electron chi connectivity index (χ2n) is 6.37. The summed E-state index contributed by atoms with van der Waals surface area (Å²) in [4.78, 5) is 25.2. The third kappa shape index (κ3) is 3.02. The Balaban J connectivity index is 1.70. The predicted molar refractivity (Wildman–Crippen MR) is 90.2 cm³/mol. The number of thioether (sulfide) groups is 1. The summed E-state index contributed by atoms with van der Waals surface area (Å²) in [6, 6.07) is 6.16. The van der Waals surface area contributed by atoms with E-state index in [1.165, 1.54) is 5.56 Å². The molecule has 0 spiro atoms. The fraction of sp³-hybridized carbons (Fsp3) is 0.444. The molecule has 122 valence electrons. The standard InChI is InChI=1S/C18H21NO3S/c1-10-3-4-13(14(7-10)23-2)9-19-17(20)15-11-5-6-12(8-11)16(15)18(21)22/h3-7,11-12,15-16H,8-9H2,1-2H3,(H,19,20)(H,21,22). The average Bonchev–Trinajstić information content (AvgIpc) is 3.14. The number of aliphatic carboxylic acids is 1. The van der Waals surface area contributed by atoms with Crippen molar-refractivity contribution < 1.29 is 14.7 Å². The van der Waals surface area contributed by atoms with Crippen LogP contribution in [0.25, 0.3) is 0 Å². The minimum Gasteiger partial charge on any atom is -0.481 e. The molecule has 4 atom stereocenters. The number of carbonyl (C=O) groups excluding carboxylic acids is 1. The molecule has 5 heteroatoms. The second kappa shape index (κ2) is 6.40. The van der Waals surface area contributed by atoms with Crippen LogP contribution < -0.4 is 5.32 Å². The summed E-state index contributed by atoms with van der Waals surface area (Å²) in [6.07, 6.45) is 6.77. The van der Waals surface area contributed by atoms with Crippen molar-refractivity contribution in [3.05, 3.63) is 41.5 Å². The van der Waals surface area contributed by atoms with Gasteiger partial charge in [0, 0.05) is 11.4 Å². The molecule has 0 aromatic heterocycles. The molecular weight excluding hydrogens is 310 g/mol. The summed E-state index contributed by atoms with van der Waals surface area (Å²) in [5, 5.41) is 12.4. The van der Waals surface area contributed by atoms with Crippen molar-refractivity contribution in [2.75, 3.05) is 6.26 Å². The van der Waals surface area contributed by atoms with E-state index in [4.69, 9.17) is 0 Å². The van der Waals surface area contributed by atoms with E-state index >= 15 is 0 Å². The molecular formula is C18H21NO3S. The maximum absolute atomic E-state index is 12.6. The van der Waals surface area contributed by atoms with Gasteiger partial charge in [-0.25, -0.2) is 0 Å². The van der Waals surface area contributed by atoms with Gasteiger partial charge in [-0.2, -0.15) is 0 Å². The van der Waals surface area contributed by atoms with Gasteiger partial charge in [-0.3, -0.25) is 9.59 Å². The first-order chi connectivity index (χ1) is 11.0. The quantitative estimate of drug-likeness (QED) is 0.643. The number of hydrogen-bond acceptors (Lipinski definition) is 3. The lowest BCUT2D eigenvalue weighted by atomic mass is 9.82. The zero-order valence-corrected chi connectivity index (χ0v) is 14.1. The van der Waals surface area contributed by atoms with Crippen LogP contribution in [0.5, 0.6) is 0 Å². The zero-order valence-electron chi connectivity index (χ0n) is 13.3. The van der Waals surface area contributed by atoms with Gasteiger partial charge in [0.1, 0.15) is 0 Å². The lowest BCUT2D eigenvalue weighted by Gasteiger charge is -2.24. The fourth-order valence-electron chi connectivity index (χ4n) is 3.81. The van der Waals surface area contributed by atoms with Crippen molar-refractivity contribution in [1.82, 2.24) is 5.32 Å². The molecule has 4 nitrogen and oxygen atoms in total. The van der Waals surface area contributed by atoms with Gasteiger partial charge in [-0.05, 0) is 48.6 Å². The Hall–Kier alpha value is -1.75. The van der Waals surface area contributed by atoms with Gasteiger partial charge in [-0.15, -0.1) is 11.8 Å². The molecule has 4 unspecified atom stereocenters. The Kier molecular flexibility index (Phi) is 4.48. The van der Waals surface area contributed by atoms with Crippen LogP contribution in [0.15, 0.2) is 35.2 Å². The Morgan fingerprint density at radius 1 is 1.26 bits per heavy atom. The fourth-order valence-corrected chi connectivity index (χ4v) is 4.52. The second-order valence-corrected chi connectivity index (χ2v) is 7.22. The number of allylic oxidation sites excluding steroid dienone is 2. The van der Waals surface area contributed by atoms with Gasteiger partial charge in [0.25, 0.3) is 0 Å². The number of rotatable bonds is 5. The normalized spacial score (nSPS) is 28.1. The van der Waals surface area contributed by atoms with Gasteiger partial charge in [0.15, 0.2) is 0 Å². The van der Waals surface area contributed by atoms with E-state index in [1.807, 2.05) is 37.5 Å². The first kappa shape index (κ1) is 16.1. The molecule has 1 amide bonds. The van der Waals surface area contributed by atoms with Crippen molar-refractivity contribution in [1.29, 1.82) is 0 Å². The van der Waals surface area contributed by atoms with E-state index in [0.29, 0.717) is 6.54 Å². The molecule has 0 aliphatic heterocycles. The molecule has 1 aromatic carbocycles.